The third-order valence-corrected chi connectivity index (χ3v) is 4.82. The highest BCUT2D eigenvalue weighted by atomic mass is 32.1. The Labute approximate surface area is 152 Å². The zero-order valence-electron chi connectivity index (χ0n) is 14.1. The smallest absolute Gasteiger partial charge is 0.269 e. The highest BCUT2D eigenvalue weighted by molar-refractivity contribution is 7.07. The van der Waals surface area contributed by atoms with E-state index in [0.717, 1.165) is 16.9 Å². The Bertz CT molecular complexity index is 1180. The Hall–Kier alpha value is -3.44. The number of hydrogen-bond acceptors (Lipinski definition) is 5. The number of hydrogen-bond donors (Lipinski definition) is 1. The molecule has 2 aromatic heterocycles. The minimum Gasteiger partial charge on any atom is -0.321 e. The number of thiazole rings is 1. The van der Waals surface area contributed by atoms with E-state index in [1.165, 1.54) is 4.57 Å². The molecule has 0 saturated heterocycles. The number of amides is 1. The van der Waals surface area contributed by atoms with Crippen LogP contribution in [0.25, 0.3) is 11.6 Å². The summed E-state index contributed by atoms with van der Waals surface area (Å²) in [5.74, 6) is -0.552. The van der Waals surface area contributed by atoms with E-state index >= 15 is 0 Å². The first-order valence-electron chi connectivity index (χ1n) is 7.66. The van der Waals surface area contributed by atoms with Gasteiger partial charge in [-0.2, -0.15) is 10.4 Å². The van der Waals surface area contributed by atoms with E-state index in [2.05, 4.69) is 10.4 Å². The molecule has 1 amide bonds. The summed E-state index contributed by atoms with van der Waals surface area (Å²) in [6, 6.07) is 10.8. The number of anilines is 1. The predicted octanol–water partition coefficient (Wildman–Crippen LogP) is 0.322. The molecule has 26 heavy (non-hydrogen) atoms. The summed E-state index contributed by atoms with van der Waals surface area (Å²) < 4.78 is 3.68. The molecule has 1 N–H and O–H groups in total. The molecule has 0 saturated carbocycles. The van der Waals surface area contributed by atoms with Crippen LogP contribution in [0.15, 0.2) is 47.5 Å². The van der Waals surface area contributed by atoms with Crippen LogP contribution < -0.4 is 20.1 Å². The average Bonchev–Trinajstić information content (AvgIpc) is 3.15. The van der Waals surface area contributed by atoms with Gasteiger partial charge >= 0.3 is 0 Å². The van der Waals surface area contributed by atoms with Crippen molar-refractivity contribution in [3.05, 3.63) is 67.8 Å². The summed E-state index contributed by atoms with van der Waals surface area (Å²) >= 11 is 1.10. The molecule has 0 radical (unpaired) electrons. The fourth-order valence-corrected chi connectivity index (χ4v) is 3.45. The van der Waals surface area contributed by atoms with Gasteiger partial charge in [-0.1, -0.05) is 18.2 Å². The third-order valence-electron chi connectivity index (χ3n) is 3.63. The molecule has 0 bridgehead atoms. The van der Waals surface area contributed by atoms with E-state index < -0.39 is 5.91 Å². The zero-order chi connectivity index (χ0) is 18.7. The summed E-state index contributed by atoms with van der Waals surface area (Å²) in [5, 5.41) is 16.2. The minimum atomic E-state index is -0.552. The second kappa shape index (κ2) is 7.21. The van der Waals surface area contributed by atoms with Gasteiger partial charge in [-0.3, -0.25) is 14.3 Å². The van der Waals surface area contributed by atoms with Crippen molar-refractivity contribution in [1.29, 1.82) is 5.26 Å². The number of benzene rings is 1. The molecule has 130 valence electrons. The maximum absolute atomic E-state index is 12.5. The molecule has 0 atom stereocenters. The number of aryl methyl sites for hydroxylation is 1. The van der Waals surface area contributed by atoms with Gasteiger partial charge in [-0.15, -0.1) is 11.3 Å². The summed E-state index contributed by atoms with van der Waals surface area (Å²) in [6.45, 7) is 0. The molecular formula is C18H15N5O2S. The highest BCUT2D eigenvalue weighted by Crippen LogP contribution is 2.07. The highest BCUT2D eigenvalue weighted by Gasteiger charge is 2.14. The molecule has 0 fully saturated rings. The predicted molar refractivity (Wildman–Crippen MR) is 99.7 cm³/mol. The fourth-order valence-electron chi connectivity index (χ4n) is 2.36. The first kappa shape index (κ1) is 17.4. The Morgan fingerprint density at radius 1 is 1.31 bits per heavy atom. The van der Waals surface area contributed by atoms with E-state index in [1.54, 1.807) is 61.5 Å². The van der Waals surface area contributed by atoms with Gasteiger partial charge in [0.2, 0.25) is 0 Å². The van der Waals surface area contributed by atoms with Crippen molar-refractivity contribution in [2.75, 3.05) is 5.32 Å². The van der Waals surface area contributed by atoms with E-state index in [0.29, 0.717) is 14.9 Å². The van der Waals surface area contributed by atoms with E-state index in [9.17, 15) is 14.9 Å². The molecule has 3 rings (SSSR count). The van der Waals surface area contributed by atoms with Gasteiger partial charge < -0.3 is 9.88 Å². The van der Waals surface area contributed by atoms with Crippen LogP contribution in [0.1, 0.15) is 5.56 Å². The number of carbonyl (C=O) groups excluding carboxylic acids is 1. The number of nitrogens with zero attached hydrogens (tertiary/aromatic N) is 4. The molecule has 8 heteroatoms. The number of nitrogens with one attached hydrogen (secondary N) is 1. The van der Waals surface area contributed by atoms with Crippen molar-refractivity contribution >= 4 is 34.6 Å². The summed E-state index contributed by atoms with van der Waals surface area (Å²) in [6.07, 6.45) is 5.10. The maximum Gasteiger partial charge on any atom is 0.269 e. The van der Waals surface area contributed by atoms with Crippen LogP contribution in [0.5, 0.6) is 0 Å². The molecule has 1 aromatic carbocycles. The molecule has 0 aliphatic rings. The van der Waals surface area contributed by atoms with Gasteiger partial charge in [-0.05, 0) is 18.2 Å². The maximum atomic E-state index is 12.5. The fraction of sp³-hybridized carbons (Fsp3) is 0.111. The Morgan fingerprint density at radius 3 is 2.65 bits per heavy atom. The topological polar surface area (TPSA) is 92.7 Å². The van der Waals surface area contributed by atoms with Crippen LogP contribution in [0.3, 0.4) is 0 Å². The summed E-state index contributed by atoms with van der Waals surface area (Å²) in [4.78, 5) is 24.9. The summed E-state index contributed by atoms with van der Waals surface area (Å²) in [7, 11) is 3.33. The van der Waals surface area contributed by atoms with Gasteiger partial charge in [0.15, 0.2) is 5.57 Å². The molecule has 0 aliphatic heterocycles. The first-order valence-corrected chi connectivity index (χ1v) is 8.48. The largest absolute Gasteiger partial charge is 0.321 e. The zero-order valence-corrected chi connectivity index (χ0v) is 14.9. The lowest BCUT2D eigenvalue weighted by Gasteiger charge is -2.03. The Kier molecular flexibility index (Phi) is 4.82. The molecule has 0 aliphatic carbocycles. The average molecular weight is 365 g/mol. The second-order valence-corrected chi connectivity index (χ2v) is 6.56. The standard InChI is InChI=1S/C18H15N5O2S/c1-22-11-12(10-20-22)8-15-17(25)23(2)18(26-15)14(9-19)16(24)21-13-6-4-3-5-7-13/h3-8,10-11H,1-2H3,(H,21,24)/b15-8-,18-14-. The van der Waals surface area contributed by atoms with Gasteiger partial charge in [0.1, 0.15) is 10.7 Å². The number of nitriles is 1. The Morgan fingerprint density at radius 2 is 2.04 bits per heavy atom. The van der Waals surface area contributed by atoms with Crippen molar-refractivity contribution < 1.29 is 4.79 Å². The number of carbonyl (C=O) groups is 1. The molecule has 0 unspecified atom stereocenters. The molecule has 2 heterocycles. The van der Waals surface area contributed by atoms with Crippen molar-refractivity contribution in [1.82, 2.24) is 14.3 Å². The van der Waals surface area contributed by atoms with Crippen LogP contribution in [-0.4, -0.2) is 20.3 Å². The van der Waals surface area contributed by atoms with E-state index in [1.807, 2.05) is 12.1 Å². The van der Waals surface area contributed by atoms with Crippen LogP contribution >= 0.6 is 11.3 Å². The van der Waals surface area contributed by atoms with Crippen LogP contribution in [0.2, 0.25) is 0 Å². The Balaban J connectivity index is 2.10. The molecule has 7 nitrogen and oxygen atoms in total. The second-order valence-electron chi connectivity index (χ2n) is 5.53. The lowest BCUT2D eigenvalue weighted by atomic mass is 10.2. The molecular weight excluding hydrogens is 350 g/mol. The van der Waals surface area contributed by atoms with Crippen molar-refractivity contribution in [2.45, 2.75) is 0 Å². The van der Waals surface area contributed by atoms with Crippen LogP contribution in [0.4, 0.5) is 5.69 Å². The number of rotatable bonds is 3. The van der Waals surface area contributed by atoms with Gasteiger partial charge in [0.05, 0.1) is 10.7 Å². The van der Waals surface area contributed by atoms with E-state index in [4.69, 9.17) is 0 Å². The molecule has 3 aromatic rings. The number of aromatic nitrogens is 3. The van der Waals surface area contributed by atoms with Crippen LogP contribution in [0, 0.1) is 11.3 Å². The third kappa shape index (κ3) is 3.48. The van der Waals surface area contributed by atoms with Crippen molar-refractivity contribution in [3.63, 3.8) is 0 Å². The van der Waals surface area contributed by atoms with Crippen LogP contribution in [-0.2, 0) is 18.9 Å². The monoisotopic (exact) mass is 365 g/mol. The quantitative estimate of drug-likeness (QED) is 0.724. The lowest BCUT2D eigenvalue weighted by Crippen LogP contribution is -2.31. The van der Waals surface area contributed by atoms with Gasteiger partial charge in [-0.25, -0.2) is 0 Å². The normalized spacial score (nSPS) is 12.6. The van der Waals surface area contributed by atoms with Crippen molar-refractivity contribution in [2.24, 2.45) is 14.1 Å². The van der Waals surface area contributed by atoms with E-state index in [-0.39, 0.29) is 11.1 Å². The number of para-hydroxylation sites is 1. The SMILES string of the molecule is Cn1cc(/C=c2\s/c(=C(/C#N)C(=O)Nc3ccccc3)n(C)c2=O)cn1. The first-order chi connectivity index (χ1) is 12.5. The lowest BCUT2D eigenvalue weighted by molar-refractivity contribution is -0.111. The van der Waals surface area contributed by atoms with Gasteiger partial charge in [0.25, 0.3) is 11.5 Å². The van der Waals surface area contributed by atoms with Gasteiger partial charge in [0, 0.05) is 31.5 Å². The minimum absolute atomic E-state index is 0.107. The summed E-state index contributed by atoms with van der Waals surface area (Å²) in [5.41, 5.74) is 0.970. The van der Waals surface area contributed by atoms with Crippen molar-refractivity contribution in [3.8, 4) is 6.07 Å². The molecule has 0 spiro atoms.